The molecule has 0 saturated heterocycles. The number of carbonyl (C=O) groups is 1. The van der Waals surface area contributed by atoms with Gasteiger partial charge in [0, 0.05) is 6.42 Å². The van der Waals surface area contributed by atoms with Gasteiger partial charge in [-0.05, 0) is 43.8 Å². The van der Waals surface area contributed by atoms with Gasteiger partial charge in [0.2, 0.25) is 5.88 Å². The van der Waals surface area contributed by atoms with Gasteiger partial charge in [0.15, 0.2) is 3.95 Å². The van der Waals surface area contributed by atoms with E-state index in [1.165, 1.54) is 15.9 Å². The summed E-state index contributed by atoms with van der Waals surface area (Å²) in [6.45, 7) is 4.02. The fraction of sp³-hybridized carbons (Fsp3) is 0.227. The number of carbonyl (C=O) groups excluding carboxylic acids is 1. The van der Waals surface area contributed by atoms with Crippen LogP contribution in [0.1, 0.15) is 29.0 Å². The zero-order chi connectivity index (χ0) is 20.8. The first kappa shape index (κ1) is 21.0. The van der Waals surface area contributed by atoms with Crippen LogP contribution in [0.15, 0.2) is 59.6 Å². The van der Waals surface area contributed by atoms with Crippen molar-refractivity contribution in [1.82, 2.24) is 4.57 Å². The molecule has 5 nitrogen and oxygen atoms in total. The summed E-state index contributed by atoms with van der Waals surface area (Å²) in [5.74, 6) is -0.507. The molecule has 0 spiro atoms. The Morgan fingerprint density at radius 2 is 1.93 bits per heavy atom. The van der Waals surface area contributed by atoms with E-state index >= 15 is 0 Å². The van der Waals surface area contributed by atoms with Gasteiger partial charge in [-0.1, -0.05) is 59.4 Å². The molecule has 150 valence electrons. The van der Waals surface area contributed by atoms with Gasteiger partial charge in [0.05, 0.1) is 18.5 Å². The molecule has 0 radical (unpaired) electrons. The van der Waals surface area contributed by atoms with Crippen LogP contribution >= 0.6 is 23.6 Å². The standard InChI is InChI=1S/C22H22N2O3S2/c1-3-27-21(26)18(13-16-7-5-4-6-8-16)24-20(25)19(29-22(24)28)14-23-17-11-9-15(2)10-12-17/h4-12,14,18,25H,3,13H2,1-2H3/t18-/m1/s1. The van der Waals surface area contributed by atoms with Crippen LogP contribution in [0.25, 0.3) is 0 Å². The van der Waals surface area contributed by atoms with Gasteiger partial charge in [-0.15, -0.1) is 0 Å². The molecular formula is C22H22N2O3S2. The highest BCUT2D eigenvalue weighted by molar-refractivity contribution is 7.73. The highest BCUT2D eigenvalue weighted by atomic mass is 32.1. The Morgan fingerprint density at radius 3 is 2.59 bits per heavy atom. The van der Waals surface area contributed by atoms with E-state index in [0.717, 1.165) is 16.8 Å². The third-order valence-electron chi connectivity index (χ3n) is 4.35. The van der Waals surface area contributed by atoms with E-state index in [4.69, 9.17) is 17.0 Å². The largest absolute Gasteiger partial charge is 0.493 e. The quantitative estimate of drug-likeness (QED) is 0.312. The average molecular weight is 427 g/mol. The predicted octanol–water partition coefficient (Wildman–Crippen LogP) is 5.39. The van der Waals surface area contributed by atoms with Crippen molar-refractivity contribution < 1.29 is 14.6 Å². The number of benzene rings is 2. The Kier molecular flexibility index (Phi) is 6.95. The summed E-state index contributed by atoms with van der Waals surface area (Å²) in [7, 11) is 0. The molecule has 0 unspecified atom stereocenters. The van der Waals surface area contributed by atoms with Crippen molar-refractivity contribution in [3.63, 3.8) is 0 Å². The lowest BCUT2D eigenvalue weighted by atomic mass is 10.1. The van der Waals surface area contributed by atoms with E-state index < -0.39 is 12.0 Å². The first-order chi connectivity index (χ1) is 14.0. The molecule has 1 atom stereocenters. The fourth-order valence-electron chi connectivity index (χ4n) is 2.87. The van der Waals surface area contributed by atoms with Crippen LogP contribution in [0.5, 0.6) is 5.88 Å². The van der Waals surface area contributed by atoms with Crippen LogP contribution in [0, 0.1) is 10.9 Å². The summed E-state index contributed by atoms with van der Waals surface area (Å²) >= 11 is 6.66. The van der Waals surface area contributed by atoms with Crippen LogP contribution < -0.4 is 0 Å². The minimum atomic E-state index is -0.748. The maximum absolute atomic E-state index is 12.6. The molecule has 3 aromatic rings. The fourth-order valence-corrected chi connectivity index (χ4v) is 4.15. The van der Waals surface area contributed by atoms with E-state index in [-0.39, 0.29) is 12.5 Å². The molecule has 0 aliphatic heterocycles. The molecule has 0 bridgehead atoms. The van der Waals surface area contributed by atoms with Gasteiger partial charge >= 0.3 is 5.97 Å². The molecule has 0 aliphatic rings. The van der Waals surface area contributed by atoms with Crippen LogP contribution in [-0.4, -0.2) is 28.5 Å². The highest BCUT2D eigenvalue weighted by Gasteiger charge is 2.27. The lowest BCUT2D eigenvalue weighted by Gasteiger charge is -2.18. The third-order valence-corrected chi connectivity index (χ3v) is 5.68. The van der Waals surface area contributed by atoms with Gasteiger partial charge in [-0.25, -0.2) is 4.79 Å². The molecule has 0 aliphatic carbocycles. The Bertz CT molecular complexity index is 1050. The maximum atomic E-state index is 12.6. The Balaban J connectivity index is 1.94. The number of hydrogen-bond acceptors (Lipinski definition) is 6. The number of aromatic nitrogens is 1. The number of aliphatic imine (C=N–C) groups is 1. The lowest BCUT2D eigenvalue weighted by molar-refractivity contribution is -0.147. The summed E-state index contributed by atoms with van der Waals surface area (Å²) in [4.78, 5) is 17.5. The molecule has 29 heavy (non-hydrogen) atoms. The number of nitrogens with zero attached hydrogens (tertiary/aromatic N) is 2. The van der Waals surface area contributed by atoms with Crippen LogP contribution in [0.2, 0.25) is 0 Å². The van der Waals surface area contributed by atoms with E-state index in [2.05, 4.69) is 4.99 Å². The summed E-state index contributed by atoms with van der Waals surface area (Å²) in [6, 6.07) is 16.6. The summed E-state index contributed by atoms with van der Waals surface area (Å²) < 4.78 is 7.09. The van der Waals surface area contributed by atoms with Crippen molar-refractivity contribution in [2.75, 3.05) is 6.61 Å². The molecule has 1 heterocycles. The Morgan fingerprint density at radius 1 is 1.24 bits per heavy atom. The first-order valence-electron chi connectivity index (χ1n) is 9.25. The van der Waals surface area contributed by atoms with E-state index in [1.54, 1.807) is 13.1 Å². The van der Waals surface area contributed by atoms with Gasteiger partial charge in [0.1, 0.15) is 10.9 Å². The normalized spacial score (nSPS) is 12.2. The Hall–Kier alpha value is -2.77. The smallest absolute Gasteiger partial charge is 0.329 e. The number of aromatic hydroxyl groups is 1. The first-order valence-corrected chi connectivity index (χ1v) is 10.5. The summed E-state index contributed by atoms with van der Waals surface area (Å²) in [5.41, 5.74) is 2.87. The second-order valence-electron chi connectivity index (χ2n) is 6.48. The second kappa shape index (κ2) is 9.62. The van der Waals surface area contributed by atoms with Crippen LogP contribution in [0.4, 0.5) is 5.69 Å². The number of esters is 1. The van der Waals surface area contributed by atoms with E-state index in [9.17, 15) is 9.90 Å². The third kappa shape index (κ3) is 5.19. The molecular weight excluding hydrogens is 404 g/mol. The molecule has 2 aromatic carbocycles. The molecule has 0 saturated carbocycles. The molecule has 0 fully saturated rings. The minimum Gasteiger partial charge on any atom is -0.493 e. The average Bonchev–Trinajstić information content (AvgIpc) is 3.00. The zero-order valence-electron chi connectivity index (χ0n) is 16.2. The van der Waals surface area contributed by atoms with Crippen molar-refractivity contribution in [2.24, 2.45) is 4.99 Å². The summed E-state index contributed by atoms with van der Waals surface area (Å²) in [5, 5.41) is 10.8. The van der Waals surface area contributed by atoms with E-state index in [0.29, 0.717) is 15.3 Å². The topological polar surface area (TPSA) is 63.8 Å². The number of ether oxygens (including phenoxy) is 1. The number of hydrogen-bond donors (Lipinski definition) is 1. The van der Waals surface area contributed by atoms with Crippen molar-refractivity contribution in [1.29, 1.82) is 0 Å². The van der Waals surface area contributed by atoms with Crippen molar-refractivity contribution in [2.45, 2.75) is 26.3 Å². The number of thiazole rings is 1. The highest BCUT2D eigenvalue weighted by Crippen LogP contribution is 2.31. The minimum absolute atomic E-state index is 0.0788. The second-order valence-corrected chi connectivity index (χ2v) is 8.15. The summed E-state index contributed by atoms with van der Waals surface area (Å²) in [6.07, 6.45) is 1.94. The molecule has 0 amide bonds. The van der Waals surface area contributed by atoms with Gasteiger partial charge in [0.25, 0.3) is 0 Å². The monoisotopic (exact) mass is 426 g/mol. The van der Waals surface area contributed by atoms with E-state index in [1.807, 2.05) is 61.5 Å². The van der Waals surface area contributed by atoms with Gasteiger partial charge < -0.3 is 9.84 Å². The molecule has 1 N–H and O–H groups in total. The van der Waals surface area contributed by atoms with Crippen molar-refractivity contribution >= 4 is 41.4 Å². The zero-order valence-corrected chi connectivity index (χ0v) is 17.9. The lowest BCUT2D eigenvalue weighted by Crippen LogP contribution is -2.24. The SMILES string of the molecule is CCOC(=O)[C@@H](Cc1ccccc1)n1c(O)c(C=Nc2ccc(C)cc2)sc1=S. The Labute approximate surface area is 178 Å². The van der Waals surface area contributed by atoms with Crippen molar-refractivity contribution in [3.8, 4) is 5.88 Å². The van der Waals surface area contributed by atoms with Crippen LogP contribution in [-0.2, 0) is 16.0 Å². The maximum Gasteiger partial charge on any atom is 0.329 e. The predicted molar refractivity (Wildman–Crippen MR) is 119 cm³/mol. The number of rotatable bonds is 7. The van der Waals surface area contributed by atoms with Crippen LogP contribution in [0.3, 0.4) is 0 Å². The number of aryl methyl sites for hydroxylation is 1. The molecule has 7 heteroatoms. The van der Waals surface area contributed by atoms with Gasteiger partial charge in [-0.2, -0.15) is 0 Å². The van der Waals surface area contributed by atoms with Gasteiger partial charge in [-0.3, -0.25) is 9.56 Å². The van der Waals surface area contributed by atoms with Crippen molar-refractivity contribution in [3.05, 3.63) is 74.6 Å². The molecule has 1 aromatic heterocycles. The molecule has 3 rings (SSSR count).